The Bertz CT molecular complexity index is 376. The Morgan fingerprint density at radius 1 is 1.35 bits per heavy atom. The molecular formula is C14H23N3. The SMILES string of the molecule is CCC1CCCCCN1c1ccc(N)c(C)n1. The molecule has 3 heteroatoms. The van der Waals surface area contributed by atoms with Crippen molar-refractivity contribution in [1.29, 1.82) is 0 Å². The highest BCUT2D eigenvalue weighted by Crippen LogP contribution is 2.25. The number of nitrogens with two attached hydrogens (primary N) is 1. The zero-order valence-electron chi connectivity index (χ0n) is 10.9. The molecule has 0 radical (unpaired) electrons. The maximum absolute atomic E-state index is 5.84. The third-order valence-electron chi connectivity index (χ3n) is 3.75. The maximum atomic E-state index is 5.84. The van der Waals surface area contributed by atoms with Crippen molar-refractivity contribution in [1.82, 2.24) is 4.98 Å². The minimum Gasteiger partial charge on any atom is -0.397 e. The average Bonchev–Trinajstić information content (AvgIpc) is 2.57. The number of aryl methyl sites for hydroxylation is 1. The lowest BCUT2D eigenvalue weighted by Gasteiger charge is -2.30. The van der Waals surface area contributed by atoms with Crippen molar-refractivity contribution in [2.24, 2.45) is 0 Å². The second-order valence-corrected chi connectivity index (χ2v) is 4.95. The third-order valence-corrected chi connectivity index (χ3v) is 3.75. The molecule has 1 aliphatic heterocycles. The zero-order chi connectivity index (χ0) is 12.3. The minimum atomic E-state index is 0.646. The summed E-state index contributed by atoms with van der Waals surface area (Å²) in [6.07, 6.45) is 6.47. The molecule has 2 N–H and O–H groups in total. The van der Waals surface area contributed by atoms with Crippen molar-refractivity contribution in [2.75, 3.05) is 17.2 Å². The first-order valence-corrected chi connectivity index (χ1v) is 6.72. The largest absolute Gasteiger partial charge is 0.397 e. The fourth-order valence-electron chi connectivity index (χ4n) is 2.62. The Morgan fingerprint density at radius 2 is 2.18 bits per heavy atom. The van der Waals surface area contributed by atoms with E-state index in [-0.39, 0.29) is 0 Å². The quantitative estimate of drug-likeness (QED) is 0.853. The summed E-state index contributed by atoms with van der Waals surface area (Å²) < 4.78 is 0. The van der Waals surface area contributed by atoms with Crippen molar-refractivity contribution in [3.63, 3.8) is 0 Å². The van der Waals surface area contributed by atoms with Gasteiger partial charge in [-0.25, -0.2) is 4.98 Å². The van der Waals surface area contributed by atoms with Gasteiger partial charge in [-0.1, -0.05) is 19.8 Å². The van der Waals surface area contributed by atoms with Gasteiger partial charge in [0.2, 0.25) is 0 Å². The normalized spacial score (nSPS) is 21.3. The maximum Gasteiger partial charge on any atom is 0.129 e. The van der Waals surface area contributed by atoms with E-state index in [2.05, 4.69) is 22.9 Å². The van der Waals surface area contributed by atoms with Gasteiger partial charge < -0.3 is 10.6 Å². The summed E-state index contributed by atoms with van der Waals surface area (Å²) in [5.41, 5.74) is 7.57. The summed E-state index contributed by atoms with van der Waals surface area (Å²) in [6, 6.07) is 4.69. The van der Waals surface area contributed by atoms with Crippen LogP contribution in [0.15, 0.2) is 12.1 Å². The van der Waals surface area contributed by atoms with Gasteiger partial charge in [0.1, 0.15) is 5.82 Å². The van der Waals surface area contributed by atoms with E-state index in [0.717, 1.165) is 23.7 Å². The van der Waals surface area contributed by atoms with Gasteiger partial charge in [-0.05, 0) is 38.3 Å². The molecule has 17 heavy (non-hydrogen) atoms. The lowest BCUT2D eigenvalue weighted by atomic mass is 10.1. The van der Waals surface area contributed by atoms with Gasteiger partial charge in [0.25, 0.3) is 0 Å². The topological polar surface area (TPSA) is 42.1 Å². The highest BCUT2D eigenvalue weighted by molar-refractivity contribution is 5.51. The molecule has 0 aromatic carbocycles. The molecule has 1 unspecified atom stereocenters. The molecule has 0 saturated carbocycles. The van der Waals surface area contributed by atoms with Crippen LogP contribution in [0.3, 0.4) is 0 Å². The average molecular weight is 233 g/mol. The number of aromatic nitrogens is 1. The van der Waals surface area contributed by atoms with Crippen LogP contribution in [0.2, 0.25) is 0 Å². The van der Waals surface area contributed by atoms with Gasteiger partial charge in [-0.3, -0.25) is 0 Å². The second kappa shape index (κ2) is 5.39. The fraction of sp³-hybridized carbons (Fsp3) is 0.643. The van der Waals surface area contributed by atoms with Crippen LogP contribution in [0.25, 0.3) is 0 Å². The summed E-state index contributed by atoms with van der Waals surface area (Å²) in [6.45, 7) is 5.39. The van der Waals surface area contributed by atoms with Crippen LogP contribution in [0.1, 0.15) is 44.7 Å². The van der Waals surface area contributed by atoms with E-state index in [1.54, 1.807) is 0 Å². The summed E-state index contributed by atoms with van der Waals surface area (Å²) in [5, 5.41) is 0. The molecule has 0 bridgehead atoms. The van der Waals surface area contributed by atoms with Crippen LogP contribution in [0.5, 0.6) is 0 Å². The predicted molar refractivity (Wildman–Crippen MR) is 73.3 cm³/mol. The Labute approximate surface area is 104 Å². The lowest BCUT2D eigenvalue weighted by Crippen LogP contribution is -2.35. The van der Waals surface area contributed by atoms with Crippen LogP contribution in [-0.2, 0) is 0 Å². The Kier molecular flexibility index (Phi) is 3.87. The van der Waals surface area contributed by atoms with E-state index in [4.69, 9.17) is 5.73 Å². The number of hydrogen-bond donors (Lipinski definition) is 1. The van der Waals surface area contributed by atoms with Crippen LogP contribution >= 0.6 is 0 Å². The molecular weight excluding hydrogens is 210 g/mol. The first kappa shape index (κ1) is 12.2. The molecule has 1 fully saturated rings. The Balaban J connectivity index is 2.25. The van der Waals surface area contributed by atoms with Gasteiger partial charge in [0, 0.05) is 12.6 Å². The molecule has 2 heterocycles. The lowest BCUT2D eigenvalue weighted by molar-refractivity contribution is 0.552. The number of pyridine rings is 1. The monoisotopic (exact) mass is 233 g/mol. The van der Waals surface area contributed by atoms with Crippen molar-refractivity contribution in [3.05, 3.63) is 17.8 Å². The third kappa shape index (κ3) is 2.71. The Hall–Kier alpha value is -1.25. The van der Waals surface area contributed by atoms with E-state index in [1.807, 2.05) is 13.0 Å². The van der Waals surface area contributed by atoms with Crippen molar-refractivity contribution < 1.29 is 0 Å². The molecule has 0 aliphatic carbocycles. The number of hydrogen-bond acceptors (Lipinski definition) is 3. The fourth-order valence-corrected chi connectivity index (χ4v) is 2.62. The van der Waals surface area contributed by atoms with Gasteiger partial charge in [-0.2, -0.15) is 0 Å². The molecule has 1 aliphatic rings. The summed E-state index contributed by atoms with van der Waals surface area (Å²) >= 11 is 0. The summed E-state index contributed by atoms with van der Waals surface area (Å²) in [7, 11) is 0. The van der Waals surface area contributed by atoms with E-state index in [0.29, 0.717) is 6.04 Å². The minimum absolute atomic E-state index is 0.646. The predicted octanol–water partition coefficient (Wildman–Crippen LogP) is 3.13. The number of nitrogens with zero attached hydrogens (tertiary/aromatic N) is 2. The molecule has 0 amide bonds. The van der Waals surface area contributed by atoms with Crippen molar-refractivity contribution in [3.8, 4) is 0 Å². The number of rotatable bonds is 2. The van der Waals surface area contributed by atoms with Crippen LogP contribution < -0.4 is 10.6 Å². The molecule has 0 spiro atoms. The summed E-state index contributed by atoms with van der Waals surface area (Å²) in [5.74, 6) is 1.10. The van der Waals surface area contributed by atoms with Crippen molar-refractivity contribution >= 4 is 11.5 Å². The zero-order valence-corrected chi connectivity index (χ0v) is 10.9. The van der Waals surface area contributed by atoms with Gasteiger partial charge >= 0.3 is 0 Å². The second-order valence-electron chi connectivity index (χ2n) is 4.95. The number of anilines is 2. The molecule has 1 aromatic heterocycles. The van der Waals surface area contributed by atoms with Crippen LogP contribution in [-0.4, -0.2) is 17.6 Å². The van der Waals surface area contributed by atoms with E-state index in [9.17, 15) is 0 Å². The molecule has 1 saturated heterocycles. The van der Waals surface area contributed by atoms with E-state index in [1.165, 1.54) is 32.1 Å². The first-order chi connectivity index (χ1) is 8.22. The highest BCUT2D eigenvalue weighted by atomic mass is 15.2. The Morgan fingerprint density at radius 3 is 2.88 bits per heavy atom. The van der Waals surface area contributed by atoms with Crippen molar-refractivity contribution in [2.45, 2.75) is 52.0 Å². The van der Waals surface area contributed by atoms with Gasteiger partial charge in [0.15, 0.2) is 0 Å². The summed E-state index contributed by atoms with van der Waals surface area (Å²) in [4.78, 5) is 7.11. The standard InChI is InChI=1S/C14H23N3/c1-3-12-7-5-4-6-10-17(12)14-9-8-13(15)11(2)16-14/h8-9,12H,3-7,10,15H2,1-2H3. The molecule has 1 atom stereocenters. The van der Waals surface area contributed by atoms with E-state index < -0.39 is 0 Å². The highest BCUT2D eigenvalue weighted by Gasteiger charge is 2.20. The first-order valence-electron chi connectivity index (χ1n) is 6.72. The van der Waals surface area contributed by atoms with Crippen LogP contribution in [0, 0.1) is 6.92 Å². The molecule has 3 nitrogen and oxygen atoms in total. The molecule has 94 valence electrons. The van der Waals surface area contributed by atoms with Gasteiger partial charge in [0.05, 0.1) is 11.4 Å². The van der Waals surface area contributed by atoms with Crippen LogP contribution in [0.4, 0.5) is 11.5 Å². The van der Waals surface area contributed by atoms with E-state index >= 15 is 0 Å². The molecule has 2 rings (SSSR count). The van der Waals surface area contributed by atoms with Gasteiger partial charge in [-0.15, -0.1) is 0 Å². The smallest absolute Gasteiger partial charge is 0.129 e. The molecule has 1 aromatic rings. The number of nitrogen functional groups attached to an aromatic ring is 1.